The number of fused-ring (bicyclic) bond motifs is 1. The molecule has 39 heavy (non-hydrogen) atoms. The molecule has 200 valence electrons. The first-order chi connectivity index (χ1) is 19.1. The van der Waals surface area contributed by atoms with E-state index in [1.807, 2.05) is 42.5 Å². The molecule has 1 unspecified atom stereocenters. The number of benzene rings is 2. The minimum absolute atomic E-state index is 0.0265. The number of nitrogens with one attached hydrogen (secondary N) is 1. The molecule has 0 saturated carbocycles. The van der Waals surface area contributed by atoms with Gasteiger partial charge >= 0.3 is 0 Å². The lowest BCUT2D eigenvalue weighted by Gasteiger charge is -2.38. The topological polar surface area (TPSA) is 108 Å². The molecule has 0 spiro atoms. The lowest BCUT2D eigenvalue weighted by atomic mass is 10.1. The Morgan fingerprint density at radius 3 is 2.72 bits per heavy atom. The normalized spacial score (nSPS) is 17.1. The Labute approximate surface area is 225 Å². The number of anilines is 2. The molecule has 1 amide bonds. The van der Waals surface area contributed by atoms with Gasteiger partial charge in [0.2, 0.25) is 5.91 Å². The van der Waals surface area contributed by atoms with E-state index in [9.17, 15) is 4.79 Å². The molecular weight excluding hydrogens is 500 g/mol. The monoisotopic (exact) mass is 528 g/mol. The van der Waals surface area contributed by atoms with Crippen LogP contribution in [0.1, 0.15) is 6.42 Å². The number of hydrogen-bond acceptors (Lipinski definition) is 9. The molecule has 1 N–H and O–H groups in total. The van der Waals surface area contributed by atoms with Crippen LogP contribution in [-0.2, 0) is 9.53 Å². The summed E-state index contributed by atoms with van der Waals surface area (Å²) in [4.78, 5) is 22.5. The van der Waals surface area contributed by atoms with Gasteiger partial charge in [0.1, 0.15) is 35.9 Å². The predicted octanol–water partition coefficient (Wildman–Crippen LogP) is 4.59. The molecule has 0 aliphatic carbocycles. The standard InChI is InChI=1S/C29H28N4O6/c1-3-28(34)33-14-20(15-33)39-27-12-21-22(13-26(27)35-2)30-17-31-29(21)32-23-11-18(24-5-4-9-37-24)6-7-25(23)38-19-8-10-36-16-19/h3-7,9,11-13,17,19-20H,1,8,10,14-16H2,2H3,(H,30,31,32). The van der Waals surface area contributed by atoms with Gasteiger partial charge in [-0.15, -0.1) is 0 Å². The van der Waals surface area contributed by atoms with E-state index in [1.54, 1.807) is 18.3 Å². The molecule has 10 nitrogen and oxygen atoms in total. The van der Waals surface area contributed by atoms with E-state index in [-0.39, 0.29) is 18.1 Å². The highest BCUT2D eigenvalue weighted by Gasteiger charge is 2.32. The van der Waals surface area contributed by atoms with Crippen LogP contribution in [0.3, 0.4) is 0 Å². The number of likely N-dealkylation sites (tertiary alicyclic amines) is 1. The van der Waals surface area contributed by atoms with Crippen molar-refractivity contribution < 1.29 is 28.2 Å². The van der Waals surface area contributed by atoms with Crippen LogP contribution >= 0.6 is 0 Å². The van der Waals surface area contributed by atoms with E-state index in [2.05, 4.69) is 21.9 Å². The summed E-state index contributed by atoms with van der Waals surface area (Å²) in [5.41, 5.74) is 2.31. The average molecular weight is 529 g/mol. The number of amides is 1. The van der Waals surface area contributed by atoms with Gasteiger partial charge in [0.25, 0.3) is 0 Å². The summed E-state index contributed by atoms with van der Waals surface area (Å²) in [6.07, 6.45) is 5.09. The van der Waals surface area contributed by atoms with Gasteiger partial charge in [-0.05, 0) is 42.5 Å². The van der Waals surface area contributed by atoms with Crippen molar-refractivity contribution in [3.63, 3.8) is 0 Å². The minimum Gasteiger partial charge on any atom is -0.493 e. The Hall–Kier alpha value is -4.57. The third kappa shape index (κ3) is 5.10. The highest BCUT2D eigenvalue weighted by Crippen LogP contribution is 2.39. The fourth-order valence-corrected chi connectivity index (χ4v) is 4.66. The molecule has 2 aromatic heterocycles. The van der Waals surface area contributed by atoms with E-state index in [1.165, 1.54) is 12.4 Å². The van der Waals surface area contributed by atoms with Gasteiger partial charge < -0.3 is 33.6 Å². The SMILES string of the molecule is C=CC(=O)N1CC(Oc2cc3c(Nc4cc(-c5ccco5)ccc4OC4CCOC4)ncnc3cc2OC)C1. The number of carbonyl (C=O) groups is 1. The first-order valence-electron chi connectivity index (χ1n) is 12.7. The Kier molecular flexibility index (Phi) is 6.76. The van der Waals surface area contributed by atoms with Crippen LogP contribution in [0.5, 0.6) is 17.2 Å². The van der Waals surface area contributed by atoms with Crippen molar-refractivity contribution in [2.75, 3.05) is 38.7 Å². The Balaban J connectivity index is 1.33. The van der Waals surface area contributed by atoms with Gasteiger partial charge in [-0.2, -0.15) is 0 Å². The van der Waals surface area contributed by atoms with E-state index < -0.39 is 0 Å². The second-order valence-corrected chi connectivity index (χ2v) is 9.35. The summed E-state index contributed by atoms with van der Waals surface area (Å²) in [7, 11) is 1.58. The van der Waals surface area contributed by atoms with Crippen LogP contribution in [0.2, 0.25) is 0 Å². The van der Waals surface area contributed by atoms with Crippen LogP contribution in [-0.4, -0.2) is 66.4 Å². The molecule has 0 radical (unpaired) electrons. The maximum absolute atomic E-state index is 11.8. The second-order valence-electron chi connectivity index (χ2n) is 9.35. The van der Waals surface area contributed by atoms with Gasteiger partial charge in [-0.3, -0.25) is 4.79 Å². The van der Waals surface area contributed by atoms with Crippen LogP contribution in [0.15, 0.2) is 72.1 Å². The fraction of sp³-hybridized carbons (Fsp3) is 0.276. The Morgan fingerprint density at radius 1 is 1.10 bits per heavy atom. The van der Waals surface area contributed by atoms with Gasteiger partial charge in [0.05, 0.1) is 50.9 Å². The summed E-state index contributed by atoms with van der Waals surface area (Å²) in [5, 5.41) is 4.19. The third-order valence-corrected chi connectivity index (χ3v) is 6.77. The number of ether oxygens (including phenoxy) is 4. The molecule has 6 rings (SSSR count). The van der Waals surface area contributed by atoms with E-state index in [4.69, 9.17) is 23.4 Å². The molecule has 2 aliphatic rings. The highest BCUT2D eigenvalue weighted by atomic mass is 16.5. The molecule has 2 aromatic carbocycles. The molecule has 2 saturated heterocycles. The largest absolute Gasteiger partial charge is 0.493 e. The molecule has 2 aliphatic heterocycles. The first kappa shape index (κ1) is 24.7. The maximum Gasteiger partial charge on any atom is 0.246 e. The zero-order chi connectivity index (χ0) is 26.8. The maximum atomic E-state index is 11.8. The molecule has 2 fully saturated rings. The van der Waals surface area contributed by atoms with Crippen molar-refractivity contribution in [2.24, 2.45) is 0 Å². The zero-order valence-corrected chi connectivity index (χ0v) is 21.5. The second kappa shape index (κ2) is 10.7. The van der Waals surface area contributed by atoms with Crippen molar-refractivity contribution >= 4 is 28.3 Å². The number of carbonyl (C=O) groups excluding carboxylic acids is 1. The van der Waals surface area contributed by atoms with Crippen molar-refractivity contribution in [1.82, 2.24) is 14.9 Å². The van der Waals surface area contributed by atoms with E-state index in [0.717, 1.165) is 28.8 Å². The lowest BCUT2D eigenvalue weighted by Crippen LogP contribution is -2.55. The molecule has 4 aromatic rings. The van der Waals surface area contributed by atoms with Crippen molar-refractivity contribution in [3.05, 3.63) is 67.7 Å². The van der Waals surface area contributed by atoms with Gasteiger partial charge in [0, 0.05) is 23.4 Å². The first-order valence-corrected chi connectivity index (χ1v) is 12.7. The van der Waals surface area contributed by atoms with Crippen molar-refractivity contribution in [3.8, 4) is 28.6 Å². The van der Waals surface area contributed by atoms with E-state index >= 15 is 0 Å². The quantitative estimate of drug-likeness (QED) is 0.312. The highest BCUT2D eigenvalue weighted by molar-refractivity contribution is 5.94. The summed E-state index contributed by atoms with van der Waals surface area (Å²) in [6.45, 7) is 5.73. The van der Waals surface area contributed by atoms with Gasteiger partial charge in [-0.25, -0.2) is 9.97 Å². The fourth-order valence-electron chi connectivity index (χ4n) is 4.66. The van der Waals surface area contributed by atoms with Crippen molar-refractivity contribution in [1.29, 1.82) is 0 Å². The van der Waals surface area contributed by atoms with Crippen LogP contribution < -0.4 is 19.5 Å². The number of rotatable bonds is 9. The number of methoxy groups -OCH3 is 1. The Morgan fingerprint density at radius 2 is 1.97 bits per heavy atom. The molecule has 1 atom stereocenters. The van der Waals surface area contributed by atoms with Crippen molar-refractivity contribution in [2.45, 2.75) is 18.6 Å². The smallest absolute Gasteiger partial charge is 0.246 e. The predicted molar refractivity (Wildman–Crippen MR) is 145 cm³/mol. The van der Waals surface area contributed by atoms with E-state index in [0.29, 0.717) is 54.9 Å². The molecule has 4 heterocycles. The minimum atomic E-state index is -0.153. The Bertz CT molecular complexity index is 1490. The number of furan rings is 1. The van der Waals surface area contributed by atoms with Crippen LogP contribution in [0.25, 0.3) is 22.2 Å². The molecule has 0 bridgehead atoms. The van der Waals surface area contributed by atoms with Crippen LogP contribution in [0.4, 0.5) is 11.5 Å². The number of aromatic nitrogens is 2. The molecular formula is C29H28N4O6. The summed E-state index contributed by atoms with van der Waals surface area (Å²) in [6, 6.07) is 13.3. The average Bonchev–Trinajstić information content (AvgIpc) is 3.66. The number of nitrogens with zero attached hydrogens (tertiary/aromatic N) is 3. The third-order valence-electron chi connectivity index (χ3n) is 6.77. The van der Waals surface area contributed by atoms with Crippen LogP contribution in [0, 0.1) is 0 Å². The molecule has 10 heteroatoms. The number of hydrogen-bond donors (Lipinski definition) is 1. The summed E-state index contributed by atoms with van der Waals surface area (Å²) < 4.78 is 29.2. The van der Waals surface area contributed by atoms with Gasteiger partial charge in [-0.1, -0.05) is 6.58 Å². The summed E-state index contributed by atoms with van der Waals surface area (Å²) >= 11 is 0. The zero-order valence-electron chi connectivity index (χ0n) is 21.5. The van der Waals surface area contributed by atoms with Gasteiger partial charge in [0.15, 0.2) is 11.5 Å². The summed E-state index contributed by atoms with van der Waals surface area (Å²) in [5.74, 6) is 2.98. The lowest BCUT2D eigenvalue weighted by molar-refractivity contribution is -0.134.